The summed E-state index contributed by atoms with van der Waals surface area (Å²) in [6.45, 7) is 0. The molecule has 3 heterocycles. The summed E-state index contributed by atoms with van der Waals surface area (Å²) in [5, 5.41) is 0.840. The number of furan rings is 1. The maximum atomic E-state index is 11.2. The zero-order valence-corrected chi connectivity index (χ0v) is 5.50. The molecule has 0 spiro atoms. The molecule has 0 saturated heterocycles. The molecular formula is C8H3NO2. The first kappa shape index (κ1) is 5.07. The van der Waals surface area contributed by atoms with Crippen LogP contribution < -0.4 is 10.8 Å². The molecule has 1 aromatic heterocycles. The van der Waals surface area contributed by atoms with Gasteiger partial charge in [-0.2, -0.15) is 4.99 Å². The first-order valence-electron chi connectivity index (χ1n) is 3.30. The van der Waals surface area contributed by atoms with E-state index in [-0.39, 0.29) is 5.78 Å². The summed E-state index contributed by atoms with van der Waals surface area (Å²) in [5.41, 5.74) is 1.22. The molecule has 0 saturated carbocycles. The largest absolute Gasteiger partial charge is 0.419 e. The van der Waals surface area contributed by atoms with Crippen molar-refractivity contribution in [3.05, 3.63) is 28.5 Å². The van der Waals surface area contributed by atoms with Gasteiger partial charge in [-0.1, -0.05) is 6.08 Å². The van der Waals surface area contributed by atoms with E-state index in [1.165, 1.54) is 6.08 Å². The lowest BCUT2D eigenvalue weighted by Gasteiger charge is -1.93. The molecule has 0 amide bonds. The molecule has 52 valence electrons. The number of rotatable bonds is 0. The van der Waals surface area contributed by atoms with Crippen molar-refractivity contribution in [2.45, 2.75) is 0 Å². The monoisotopic (exact) mass is 145 g/mol. The van der Waals surface area contributed by atoms with Gasteiger partial charge in [-0.15, -0.1) is 0 Å². The SMILES string of the molecule is O=C1C=CC=c2c1c1oc2=N1. The Balaban J connectivity index is 2.59. The maximum Gasteiger partial charge on any atom is 0.236 e. The summed E-state index contributed by atoms with van der Waals surface area (Å²) in [6.07, 6.45) is 5.08. The van der Waals surface area contributed by atoms with Crippen molar-refractivity contribution >= 4 is 17.7 Å². The highest BCUT2D eigenvalue weighted by Gasteiger charge is 2.24. The van der Waals surface area contributed by atoms with Gasteiger partial charge in [0.25, 0.3) is 0 Å². The van der Waals surface area contributed by atoms with Crippen molar-refractivity contribution in [3.8, 4) is 0 Å². The Morgan fingerprint density at radius 2 is 2.27 bits per heavy atom. The van der Waals surface area contributed by atoms with Gasteiger partial charge < -0.3 is 4.42 Å². The van der Waals surface area contributed by atoms with Crippen LogP contribution in [0.15, 0.2) is 21.6 Å². The van der Waals surface area contributed by atoms with Crippen molar-refractivity contribution in [2.75, 3.05) is 0 Å². The van der Waals surface area contributed by atoms with Crippen LogP contribution >= 0.6 is 0 Å². The van der Waals surface area contributed by atoms with Crippen LogP contribution in [0.2, 0.25) is 0 Å². The van der Waals surface area contributed by atoms with Crippen molar-refractivity contribution in [1.82, 2.24) is 0 Å². The van der Waals surface area contributed by atoms with Crippen LogP contribution in [0.25, 0.3) is 6.08 Å². The maximum absolute atomic E-state index is 11.2. The van der Waals surface area contributed by atoms with Crippen molar-refractivity contribution in [2.24, 2.45) is 4.99 Å². The lowest BCUT2D eigenvalue weighted by atomic mass is 10.1. The molecule has 3 aliphatic rings. The van der Waals surface area contributed by atoms with Crippen LogP contribution in [-0.2, 0) is 0 Å². The van der Waals surface area contributed by atoms with Crippen molar-refractivity contribution in [3.63, 3.8) is 0 Å². The number of ketones is 1. The smallest absolute Gasteiger partial charge is 0.236 e. The fourth-order valence-electron chi connectivity index (χ4n) is 1.34. The minimum absolute atomic E-state index is 0.00579. The van der Waals surface area contributed by atoms with E-state index in [2.05, 4.69) is 4.99 Å². The van der Waals surface area contributed by atoms with E-state index in [1.807, 2.05) is 6.08 Å². The summed E-state index contributed by atoms with van der Waals surface area (Å²) in [5.74, 6) is 0.481. The highest BCUT2D eigenvalue weighted by Crippen LogP contribution is 2.21. The van der Waals surface area contributed by atoms with Gasteiger partial charge in [0.2, 0.25) is 11.4 Å². The van der Waals surface area contributed by atoms with E-state index < -0.39 is 0 Å². The topological polar surface area (TPSA) is 42.6 Å². The van der Waals surface area contributed by atoms with Gasteiger partial charge >= 0.3 is 0 Å². The summed E-state index contributed by atoms with van der Waals surface area (Å²) in [4.78, 5) is 15.1. The Kier molecular flexibility index (Phi) is 0.619. The zero-order valence-electron chi connectivity index (χ0n) is 5.50. The molecule has 2 aliphatic heterocycles. The second-order valence-electron chi connectivity index (χ2n) is 2.50. The third kappa shape index (κ3) is 0.420. The summed E-state index contributed by atoms with van der Waals surface area (Å²) in [6, 6.07) is 0. The fraction of sp³-hybridized carbons (Fsp3) is 0. The third-order valence-corrected chi connectivity index (χ3v) is 1.87. The van der Waals surface area contributed by atoms with Gasteiger partial charge in [0, 0.05) is 0 Å². The Labute approximate surface area is 61.4 Å². The summed E-state index contributed by atoms with van der Waals surface area (Å²) < 4.78 is 5.07. The molecule has 11 heavy (non-hydrogen) atoms. The lowest BCUT2D eigenvalue weighted by molar-refractivity contribution is 0.104. The molecule has 2 bridgehead atoms. The van der Waals surface area contributed by atoms with E-state index >= 15 is 0 Å². The van der Waals surface area contributed by atoms with Gasteiger partial charge in [-0.3, -0.25) is 4.79 Å². The number of hydrogen-bond donors (Lipinski definition) is 0. The number of carbonyl (C=O) groups excluding carboxylic acids is 1. The van der Waals surface area contributed by atoms with Crippen LogP contribution in [0, 0.1) is 0 Å². The summed E-state index contributed by atoms with van der Waals surface area (Å²) >= 11 is 0. The average Bonchev–Trinajstić information content (AvgIpc) is 2.38. The number of nitrogens with zero attached hydrogens (tertiary/aromatic N) is 1. The molecule has 0 atom stereocenters. The third-order valence-electron chi connectivity index (χ3n) is 1.87. The predicted molar refractivity (Wildman–Crippen MR) is 37.1 cm³/mol. The molecule has 4 rings (SSSR count). The second-order valence-corrected chi connectivity index (χ2v) is 2.50. The van der Waals surface area contributed by atoms with Gasteiger partial charge in [0.05, 0.1) is 10.8 Å². The molecule has 0 unspecified atom stereocenters. The van der Waals surface area contributed by atoms with Crippen LogP contribution in [0.5, 0.6) is 0 Å². The molecule has 3 heteroatoms. The van der Waals surface area contributed by atoms with Crippen LogP contribution in [0.3, 0.4) is 0 Å². The fourth-order valence-corrected chi connectivity index (χ4v) is 1.34. The van der Waals surface area contributed by atoms with Gasteiger partial charge in [-0.25, -0.2) is 0 Å². The Morgan fingerprint density at radius 3 is 3.00 bits per heavy atom. The quantitative estimate of drug-likeness (QED) is 0.526. The molecule has 0 N–H and O–H groups in total. The molecular weight excluding hydrogens is 142 g/mol. The van der Waals surface area contributed by atoms with Gasteiger partial charge in [0.1, 0.15) is 0 Å². The number of carbonyl (C=O) groups is 1. The highest BCUT2D eigenvalue weighted by molar-refractivity contribution is 6.09. The van der Waals surface area contributed by atoms with E-state index in [1.54, 1.807) is 6.08 Å². The van der Waals surface area contributed by atoms with E-state index in [0.29, 0.717) is 17.0 Å². The molecule has 0 aromatic carbocycles. The van der Waals surface area contributed by atoms with Crippen LogP contribution in [0.4, 0.5) is 5.88 Å². The lowest BCUT2D eigenvalue weighted by Crippen LogP contribution is -2.24. The molecule has 0 fully saturated rings. The normalized spacial score (nSPS) is 16.5. The van der Waals surface area contributed by atoms with Gasteiger partial charge in [-0.05, 0) is 12.2 Å². The van der Waals surface area contributed by atoms with E-state index in [9.17, 15) is 4.79 Å². The molecule has 1 aliphatic carbocycles. The highest BCUT2D eigenvalue weighted by atomic mass is 16.4. The Hall–Kier alpha value is -1.64. The van der Waals surface area contributed by atoms with Crippen LogP contribution in [-0.4, -0.2) is 5.78 Å². The van der Waals surface area contributed by atoms with E-state index in [4.69, 9.17) is 4.42 Å². The first-order chi connectivity index (χ1) is 5.36. The number of hydrogen-bond acceptors (Lipinski definition) is 3. The minimum Gasteiger partial charge on any atom is -0.419 e. The Bertz CT molecular complexity index is 505. The summed E-state index contributed by atoms with van der Waals surface area (Å²) in [7, 11) is 0. The molecule has 0 radical (unpaired) electrons. The average molecular weight is 145 g/mol. The molecule has 1 aromatic rings. The predicted octanol–water partition coefficient (Wildman–Crippen LogP) is 0.0773. The van der Waals surface area contributed by atoms with Crippen molar-refractivity contribution < 1.29 is 9.21 Å². The van der Waals surface area contributed by atoms with Crippen molar-refractivity contribution in [1.29, 1.82) is 0 Å². The van der Waals surface area contributed by atoms with E-state index in [0.717, 1.165) is 5.22 Å². The first-order valence-corrected chi connectivity index (χ1v) is 3.30. The minimum atomic E-state index is -0.00579. The standard InChI is InChI=1S/C8H3NO2/c10-5-3-1-2-4-6(5)8-9-7(4)11-8/h1-3H. The number of allylic oxidation sites excluding steroid dienone is 2. The van der Waals surface area contributed by atoms with Crippen LogP contribution in [0.1, 0.15) is 10.4 Å². The molecule has 3 nitrogen and oxygen atoms in total. The second kappa shape index (κ2) is 1.34. The van der Waals surface area contributed by atoms with Gasteiger partial charge in [0.15, 0.2) is 5.78 Å². The zero-order chi connectivity index (χ0) is 7.42. The Morgan fingerprint density at radius 1 is 1.45 bits per heavy atom.